The molecule has 2 aromatic rings. The van der Waals surface area contributed by atoms with Gasteiger partial charge in [-0.3, -0.25) is 0 Å². The van der Waals surface area contributed by atoms with E-state index in [9.17, 15) is 4.79 Å². The second kappa shape index (κ2) is 7.25. The largest absolute Gasteiger partial charge is 0.495 e. The quantitative estimate of drug-likeness (QED) is 0.872. The molecule has 1 aromatic carbocycles. The lowest BCUT2D eigenvalue weighted by molar-refractivity contribution is 0.237. The van der Waals surface area contributed by atoms with E-state index in [2.05, 4.69) is 20.5 Å². The minimum Gasteiger partial charge on any atom is -0.495 e. The van der Waals surface area contributed by atoms with E-state index in [-0.39, 0.29) is 12.1 Å². The van der Waals surface area contributed by atoms with E-state index in [4.69, 9.17) is 4.74 Å². The van der Waals surface area contributed by atoms with E-state index in [0.717, 1.165) is 36.8 Å². The molecule has 1 atom stereocenters. The number of nitrogens with one attached hydrogen (secondary N) is 2. The summed E-state index contributed by atoms with van der Waals surface area (Å²) in [6.07, 6.45) is 4.49. The first kappa shape index (κ1) is 16.2. The molecular weight excluding hydrogens is 306 g/mol. The molecule has 1 aromatic heterocycles. The zero-order valence-corrected chi connectivity index (χ0v) is 14.0. The summed E-state index contributed by atoms with van der Waals surface area (Å²) in [4.78, 5) is 18.5. The Morgan fingerprint density at radius 3 is 3.00 bits per heavy atom. The molecule has 1 aliphatic heterocycles. The molecule has 0 spiro atoms. The maximum absolute atomic E-state index is 12.1. The lowest BCUT2D eigenvalue weighted by Gasteiger charge is -2.21. The van der Waals surface area contributed by atoms with Gasteiger partial charge in [0.2, 0.25) is 0 Å². The van der Waals surface area contributed by atoms with E-state index >= 15 is 0 Å². The SMILES string of the molecule is COc1ccccc1N1CC[C@@H](NC(=O)NCc2nccn2C)C1. The van der Waals surface area contributed by atoms with Gasteiger partial charge in [-0.05, 0) is 18.6 Å². The summed E-state index contributed by atoms with van der Waals surface area (Å²) < 4.78 is 7.30. The number of nitrogens with zero attached hydrogens (tertiary/aromatic N) is 3. The Hall–Kier alpha value is -2.70. The van der Waals surface area contributed by atoms with Crippen LogP contribution in [0.15, 0.2) is 36.7 Å². The number of benzene rings is 1. The van der Waals surface area contributed by atoms with Crippen LogP contribution in [0.2, 0.25) is 0 Å². The number of rotatable bonds is 5. The summed E-state index contributed by atoms with van der Waals surface area (Å²) in [6, 6.07) is 7.91. The molecule has 2 amide bonds. The average molecular weight is 329 g/mol. The molecule has 0 radical (unpaired) electrons. The molecule has 1 saturated heterocycles. The summed E-state index contributed by atoms with van der Waals surface area (Å²) >= 11 is 0. The molecule has 0 saturated carbocycles. The third kappa shape index (κ3) is 3.61. The van der Waals surface area contributed by atoms with E-state index in [1.807, 2.05) is 42.1 Å². The van der Waals surface area contributed by atoms with Crippen molar-refractivity contribution in [2.24, 2.45) is 7.05 Å². The van der Waals surface area contributed by atoms with Gasteiger partial charge in [0.25, 0.3) is 0 Å². The normalized spacial score (nSPS) is 16.9. The van der Waals surface area contributed by atoms with E-state index in [0.29, 0.717) is 6.54 Å². The van der Waals surface area contributed by atoms with Crippen LogP contribution in [0, 0.1) is 0 Å². The van der Waals surface area contributed by atoms with Crippen molar-refractivity contribution in [1.82, 2.24) is 20.2 Å². The number of urea groups is 1. The Labute approximate surface area is 141 Å². The smallest absolute Gasteiger partial charge is 0.315 e. The van der Waals surface area contributed by atoms with Crippen LogP contribution in [0.3, 0.4) is 0 Å². The van der Waals surface area contributed by atoms with Gasteiger partial charge in [0.1, 0.15) is 11.6 Å². The molecule has 0 unspecified atom stereocenters. The molecule has 128 valence electrons. The fourth-order valence-electron chi connectivity index (χ4n) is 2.95. The Morgan fingerprint density at radius 2 is 2.25 bits per heavy atom. The van der Waals surface area contributed by atoms with Crippen molar-refractivity contribution in [3.63, 3.8) is 0 Å². The second-order valence-electron chi connectivity index (χ2n) is 5.88. The van der Waals surface area contributed by atoms with Crippen LogP contribution >= 0.6 is 0 Å². The number of carbonyl (C=O) groups is 1. The van der Waals surface area contributed by atoms with Crippen LogP contribution in [0.5, 0.6) is 5.75 Å². The van der Waals surface area contributed by atoms with Gasteiger partial charge in [-0.2, -0.15) is 0 Å². The number of amides is 2. The highest BCUT2D eigenvalue weighted by Crippen LogP contribution is 2.30. The first-order valence-electron chi connectivity index (χ1n) is 8.06. The Balaban J connectivity index is 1.51. The lowest BCUT2D eigenvalue weighted by atomic mass is 10.2. The summed E-state index contributed by atoms with van der Waals surface area (Å²) in [5.41, 5.74) is 1.07. The van der Waals surface area contributed by atoms with E-state index in [1.165, 1.54) is 0 Å². The van der Waals surface area contributed by atoms with Gasteiger partial charge in [0.15, 0.2) is 0 Å². The van der Waals surface area contributed by atoms with Gasteiger partial charge in [0.05, 0.1) is 19.3 Å². The van der Waals surface area contributed by atoms with Gasteiger partial charge in [-0.25, -0.2) is 9.78 Å². The first-order valence-corrected chi connectivity index (χ1v) is 8.06. The van der Waals surface area contributed by atoms with Crippen LogP contribution in [0.25, 0.3) is 0 Å². The number of imidazole rings is 1. The van der Waals surface area contributed by atoms with Crippen molar-refractivity contribution < 1.29 is 9.53 Å². The molecular formula is C17H23N5O2. The van der Waals surface area contributed by atoms with Crippen molar-refractivity contribution >= 4 is 11.7 Å². The summed E-state index contributed by atoms with van der Waals surface area (Å²) in [7, 11) is 3.58. The van der Waals surface area contributed by atoms with Crippen molar-refractivity contribution in [1.29, 1.82) is 0 Å². The van der Waals surface area contributed by atoms with Gasteiger partial charge < -0.3 is 24.8 Å². The van der Waals surface area contributed by atoms with Crippen molar-refractivity contribution in [2.45, 2.75) is 19.0 Å². The number of methoxy groups -OCH3 is 1. The number of ether oxygens (including phenoxy) is 1. The summed E-state index contributed by atoms with van der Waals surface area (Å²) in [6.45, 7) is 2.08. The van der Waals surface area contributed by atoms with E-state index < -0.39 is 0 Å². The molecule has 0 bridgehead atoms. The lowest BCUT2D eigenvalue weighted by Crippen LogP contribution is -2.43. The molecule has 0 aliphatic carbocycles. The predicted octanol–water partition coefficient (Wildman–Crippen LogP) is 1.51. The predicted molar refractivity (Wildman–Crippen MR) is 92.2 cm³/mol. The maximum atomic E-state index is 12.1. The minimum atomic E-state index is -0.162. The van der Waals surface area contributed by atoms with Gasteiger partial charge in [0, 0.05) is 38.6 Å². The molecule has 2 N–H and O–H groups in total. The topological polar surface area (TPSA) is 71.4 Å². The molecule has 1 aliphatic rings. The molecule has 3 rings (SSSR count). The van der Waals surface area contributed by atoms with Gasteiger partial charge in [-0.1, -0.05) is 12.1 Å². The number of para-hydroxylation sites is 2. The standard InChI is InChI=1S/C17H23N5O2/c1-21-10-8-18-16(21)11-19-17(23)20-13-7-9-22(12-13)14-5-3-4-6-15(14)24-2/h3-6,8,10,13H,7,9,11-12H2,1-2H3,(H2,19,20,23)/t13-/m1/s1. The Bertz CT molecular complexity index is 700. The molecule has 1 fully saturated rings. The van der Waals surface area contributed by atoms with E-state index in [1.54, 1.807) is 13.3 Å². The highest BCUT2D eigenvalue weighted by molar-refractivity contribution is 5.74. The number of hydrogen-bond donors (Lipinski definition) is 2. The van der Waals surface area contributed by atoms with Crippen LogP contribution in [-0.4, -0.2) is 41.8 Å². The summed E-state index contributed by atoms with van der Waals surface area (Å²) in [5, 5.41) is 5.88. The summed E-state index contributed by atoms with van der Waals surface area (Å²) in [5.74, 6) is 1.68. The maximum Gasteiger partial charge on any atom is 0.315 e. The van der Waals surface area contributed by atoms with Crippen LogP contribution in [0.4, 0.5) is 10.5 Å². The van der Waals surface area contributed by atoms with Gasteiger partial charge >= 0.3 is 6.03 Å². The van der Waals surface area contributed by atoms with Crippen molar-refractivity contribution in [3.8, 4) is 5.75 Å². The number of carbonyl (C=O) groups excluding carboxylic acids is 1. The fraction of sp³-hybridized carbons (Fsp3) is 0.412. The zero-order valence-electron chi connectivity index (χ0n) is 14.0. The highest BCUT2D eigenvalue weighted by atomic mass is 16.5. The molecule has 7 heteroatoms. The Morgan fingerprint density at radius 1 is 1.42 bits per heavy atom. The second-order valence-corrected chi connectivity index (χ2v) is 5.88. The number of aryl methyl sites for hydroxylation is 1. The Kier molecular flexibility index (Phi) is 4.88. The van der Waals surface area contributed by atoms with Crippen LogP contribution in [-0.2, 0) is 13.6 Å². The zero-order chi connectivity index (χ0) is 16.9. The number of hydrogen-bond acceptors (Lipinski definition) is 4. The van der Waals surface area contributed by atoms with Gasteiger partial charge in [-0.15, -0.1) is 0 Å². The highest BCUT2D eigenvalue weighted by Gasteiger charge is 2.25. The molecule has 2 heterocycles. The van der Waals surface area contributed by atoms with Crippen LogP contribution in [0.1, 0.15) is 12.2 Å². The number of anilines is 1. The fourth-order valence-corrected chi connectivity index (χ4v) is 2.95. The van der Waals surface area contributed by atoms with Crippen LogP contribution < -0.4 is 20.3 Å². The number of aromatic nitrogens is 2. The minimum absolute atomic E-state index is 0.122. The monoisotopic (exact) mass is 329 g/mol. The van der Waals surface area contributed by atoms with Crippen molar-refractivity contribution in [3.05, 3.63) is 42.5 Å². The average Bonchev–Trinajstić information content (AvgIpc) is 3.22. The third-order valence-electron chi connectivity index (χ3n) is 4.28. The molecule has 7 nitrogen and oxygen atoms in total. The van der Waals surface area contributed by atoms with Crippen molar-refractivity contribution in [2.75, 3.05) is 25.1 Å². The molecule has 24 heavy (non-hydrogen) atoms. The first-order chi connectivity index (χ1) is 11.7. The third-order valence-corrected chi connectivity index (χ3v) is 4.28.